The molecule has 0 rings (SSSR count). The fraction of sp³-hybridized carbons (Fsp3) is 1.00. The van der Waals surface area contributed by atoms with Crippen LogP contribution in [-0.2, 0) is 0 Å². The predicted molar refractivity (Wildman–Crippen MR) is 183 cm³/mol. The summed E-state index contributed by atoms with van der Waals surface area (Å²) in [4.78, 5) is 0. The van der Waals surface area contributed by atoms with Crippen LogP contribution >= 0.6 is 7.26 Å². The van der Waals surface area contributed by atoms with Crippen LogP contribution < -0.4 is 0 Å². The first-order chi connectivity index (χ1) is 18.7. The van der Waals surface area contributed by atoms with Gasteiger partial charge in [-0.15, -0.1) is 0 Å². The summed E-state index contributed by atoms with van der Waals surface area (Å²) in [7, 11) is -0.691. The monoisotopic (exact) mass is 554 g/mol. The summed E-state index contributed by atoms with van der Waals surface area (Å²) in [6.45, 7) is 9.75. The van der Waals surface area contributed by atoms with E-state index in [2.05, 4.69) is 27.4 Å². The van der Waals surface area contributed by atoms with E-state index in [0.29, 0.717) is 0 Å². The topological polar surface area (TPSA) is 0 Å². The Morgan fingerprint density at radius 2 is 0.395 bits per heavy atom. The molecule has 0 aromatic rings. The first kappa shape index (κ1) is 38.4. The van der Waals surface area contributed by atoms with E-state index in [-0.39, 0.29) is 0 Å². The maximum atomic E-state index is 2.78. The zero-order chi connectivity index (χ0) is 27.8. The van der Waals surface area contributed by atoms with E-state index >= 15 is 0 Å². The number of hydrogen-bond acceptors (Lipinski definition) is 0. The minimum absolute atomic E-state index is 0.691. The summed E-state index contributed by atoms with van der Waals surface area (Å²) in [5.74, 6) is 0. The molecule has 0 aliphatic rings. The van der Waals surface area contributed by atoms with Gasteiger partial charge in [-0.1, -0.05) is 175 Å². The van der Waals surface area contributed by atoms with Crippen molar-refractivity contribution in [3.63, 3.8) is 0 Å². The molecule has 0 radical (unpaired) electrons. The second-order valence-electron chi connectivity index (χ2n) is 13.3. The SMILES string of the molecule is CCCCCCCCCCCC[P+](C)(CCCCCCCCCCCC)CCCCCCCCCCCC. The van der Waals surface area contributed by atoms with Gasteiger partial charge in [0.05, 0.1) is 18.5 Å². The van der Waals surface area contributed by atoms with Crippen molar-refractivity contribution in [3.8, 4) is 0 Å². The molecule has 0 aliphatic heterocycles. The second kappa shape index (κ2) is 32.0. The molecule has 0 amide bonds. The Balaban J connectivity index is 4.06. The van der Waals surface area contributed by atoms with E-state index in [0.717, 1.165) is 0 Å². The quantitative estimate of drug-likeness (QED) is 0.0560. The average molecular weight is 554 g/mol. The molecule has 0 fully saturated rings. The lowest BCUT2D eigenvalue weighted by atomic mass is 10.1. The highest BCUT2D eigenvalue weighted by atomic mass is 31.2. The molecule has 0 aliphatic carbocycles. The molecule has 0 saturated carbocycles. The summed E-state index contributed by atoms with van der Waals surface area (Å²) in [5.41, 5.74) is 0. The Kier molecular flexibility index (Phi) is 32.3. The highest BCUT2D eigenvalue weighted by molar-refractivity contribution is 7.75. The Bertz CT molecular complexity index is 357. The smallest absolute Gasteiger partial charge is 0.0591 e. The van der Waals surface area contributed by atoms with Crippen molar-refractivity contribution >= 4 is 7.26 Å². The van der Waals surface area contributed by atoms with Crippen molar-refractivity contribution in [3.05, 3.63) is 0 Å². The van der Waals surface area contributed by atoms with Gasteiger partial charge in [0.1, 0.15) is 0 Å². The van der Waals surface area contributed by atoms with Gasteiger partial charge in [-0.25, -0.2) is 0 Å². The molecular formula is C37H78P+. The molecule has 0 N–H and O–H groups in total. The first-order valence-corrected chi connectivity index (χ1v) is 21.3. The van der Waals surface area contributed by atoms with Crippen LogP contribution in [0.1, 0.15) is 213 Å². The molecule has 0 bridgehead atoms. The minimum atomic E-state index is -0.691. The highest BCUT2D eigenvalue weighted by Gasteiger charge is 2.29. The molecule has 0 nitrogen and oxygen atoms in total. The van der Waals surface area contributed by atoms with Crippen LogP contribution in [0, 0.1) is 0 Å². The summed E-state index contributed by atoms with van der Waals surface area (Å²) < 4.78 is 0. The standard InChI is InChI=1S/C37H78P/c1-5-8-11-14-17-20-23-26-29-32-35-38(4,36-33-30-27-24-21-18-15-12-9-6-2)37-34-31-28-25-22-19-16-13-10-7-3/h5-37H2,1-4H3/q+1. The van der Waals surface area contributed by atoms with E-state index in [1.807, 2.05) is 0 Å². The molecule has 0 atom stereocenters. The van der Waals surface area contributed by atoms with E-state index in [1.165, 1.54) is 193 Å². The zero-order valence-electron chi connectivity index (χ0n) is 27.8. The van der Waals surface area contributed by atoms with Crippen molar-refractivity contribution in [2.24, 2.45) is 0 Å². The maximum absolute atomic E-state index is 2.78. The van der Waals surface area contributed by atoms with Crippen molar-refractivity contribution in [2.45, 2.75) is 213 Å². The number of unbranched alkanes of at least 4 members (excludes halogenated alkanes) is 27. The summed E-state index contributed by atoms with van der Waals surface area (Å²) >= 11 is 0. The predicted octanol–water partition coefficient (Wildman–Crippen LogP) is 14.4. The van der Waals surface area contributed by atoms with Gasteiger partial charge in [-0.2, -0.15) is 0 Å². The van der Waals surface area contributed by atoms with Crippen LogP contribution in [0.5, 0.6) is 0 Å². The van der Waals surface area contributed by atoms with Crippen molar-refractivity contribution in [2.75, 3.05) is 25.2 Å². The highest BCUT2D eigenvalue weighted by Crippen LogP contribution is 2.57. The largest absolute Gasteiger partial charge is 0.0654 e. The van der Waals surface area contributed by atoms with Gasteiger partial charge >= 0.3 is 0 Å². The van der Waals surface area contributed by atoms with Gasteiger partial charge in [0.2, 0.25) is 0 Å². The zero-order valence-corrected chi connectivity index (χ0v) is 28.7. The lowest BCUT2D eigenvalue weighted by Gasteiger charge is -2.24. The molecule has 230 valence electrons. The number of hydrogen-bond donors (Lipinski definition) is 0. The van der Waals surface area contributed by atoms with E-state index < -0.39 is 7.26 Å². The van der Waals surface area contributed by atoms with Gasteiger partial charge in [0.25, 0.3) is 0 Å². The maximum Gasteiger partial charge on any atom is 0.0591 e. The molecule has 0 saturated heterocycles. The third-order valence-electron chi connectivity index (χ3n) is 9.15. The molecular weight excluding hydrogens is 475 g/mol. The van der Waals surface area contributed by atoms with Crippen LogP contribution in [0.15, 0.2) is 0 Å². The Morgan fingerprint density at radius 1 is 0.237 bits per heavy atom. The van der Waals surface area contributed by atoms with Gasteiger partial charge in [-0.3, -0.25) is 0 Å². The lowest BCUT2D eigenvalue weighted by molar-refractivity contribution is 0.559. The minimum Gasteiger partial charge on any atom is -0.0654 e. The van der Waals surface area contributed by atoms with Crippen LogP contribution in [-0.4, -0.2) is 25.2 Å². The van der Waals surface area contributed by atoms with E-state index in [1.54, 1.807) is 18.5 Å². The molecule has 1 heteroatoms. The van der Waals surface area contributed by atoms with Gasteiger partial charge in [0, 0.05) is 13.9 Å². The molecule has 0 aromatic heterocycles. The summed E-state index contributed by atoms with van der Waals surface area (Å²) in [6, 6.07) is 0. The van der Waals surface area contributed by atoms with Gasteiger partial charge < -0.3 is 0 Å². The summed E-state index contributed by atoms with van der Waals surface area (Å²) in [5, 5.41) is 0. The average Bonchev–Trinajstić information content (AvgIpc) is 2.92. The third kappa shape index (κ3) is 29.4. The normalized spacial score (nSPS) is 12.0. The molecule has 0 heterocycles. The van der Waals surface area contributed by atoms with Gasteiger partial charge in [-0.05, 0) is 38.5 Å². The van der Waals surface area contributed by atoms with Crippen molar-refractivity contribution in [1.29, 1.82) is 0 Å². The van der Waals surface area contributed by atoms with Crippen LogP contribution in [0.3, 0.4) is 0 Å². The molecule has 0 aromatic carbocycles. The first-order valence-electron chi connectivity index (χ1n) is 18.5. The lowest BCUT2D eigenvalue weighted by Crippen LogP contribution is -2.08. The fourth-order valence-corrected chi connectivity index (χ4v) is 9.91. The molecule has 38 heavy (non-hydrogen) atoms. The van der Waals surface area contributed by atoms with Crippen molar-refractivity contribution < 1.29 is 0 Å². The summed E-state index contributed by atoms with van der Waals surface area (Å²) in [6.07, 6.45) is 49.2. The Labute approximate surface area is 245 Å². The number of rotatable bonds is 33. The van der Waals surface area contributed by atoms with E-state index in [4.69, 9.17) is 0 Å². The van der Waals surface area contributed by atoms with Gasteiger partial charge in [0.15, 0.2) is 0 Å². The van der Waals surface area contributed by atoms with Crippen LogP contribution in [0.25, 0.3) is 0 Å². The fourth-order valence-electron chi connectivity index (χ4n) is 6.28. The Hall–Kier alpha value is 0.430. The molecule has 0 unspecified atom stereocenters. The van der Waals surface area contributed by atoms with E-state index in [9.17, 15) is 0 Å². The second-order valence-corrected chi connectivity index (χ2v) is 17.9. The third-order valence-corrected chi connectivity index (χ3v) is 13.3. The Morgan fingerprint density at radius 3 is 0.579 bits per heavy atom. The van der Waals surface area contributed by atoms with Crippen LogP contribution in [0.2, 0.25) is 0 Å². The van der Waals surface area contributed by atoms with Crippen molar-refractivity contribution in [1.82, 2.24) is 0 Å². The van der Waals surface area contributed by atoms with Crippen LogP contribution in [0.4, 0.5) is 0 Å². The molecule has 0 spiro atoms.